The molecule has 0 saturated carbocycles. The van der Waals surface area contributed by atoms with Crippen LogP contribution in [-0.4, -0.2) is 68.4 Å². The normalized spacial score (nSPS) is 17.6. The van der Waals surface area contributed by atoms with Crippen molar-refractivity contribution in [2.75, 3.05) is 23.7 Å². The molecule has 1 aliphatic heterocycles. The van der Waals surface area contributed by atoms with Crippen molar-refractivity contribution in [1.29, 1.82) is 5.41 Å². The number of aromatic nitrogens is 3. The number of carbonyl (C=O) groups is 1. The maximum atomic E-state index is 15.1. The van der Waals surface area contributed by atoms with Crippen molar-refractivity contribution < 1.29 is 9.18 Å². The topological polar surface area (TPSA) is 146 Å². The molecular formula is C32H39ClFN9O2. The van der Waals surface area contributed by atoms with Crippen molar-refractivity contribution in [2.45, 2.75) is 60.2 Å². The van der Waals surface area contributed by atoms with Crippen molar-refractivity contribution in [1.82, 2.24) is 19.4 Å². The van der Waals surface area contributed by atoms with E-state index < -0.39 is 11.5 Å². The third kappa shape index (κ3) is 6.95. The third-order valence-corrected chi connectivity index (χ3v) is 8.06. The van der Waals surface area contributed by atoms with Gasteiger partial charge in [0.05, 0.1) is 28.2 Å². The van der Waals surface area contributed by atoms with Crippen LogP contribution in [0.25, 0.3) is 22.3 Å². The van der Waals surface area contributed by atoms with E-state index in [0.29, 0.717) is 30.0 Å². The molecule has 1 amide bonds. The van der Waals surface area contributed by atoms with E-state index in [1.165, 1.54) is 29.1 Å². The first-order valence-electron chi connectivity index (χ1n) is 14.8. The van der Waals surface area contributed by atoms with E-state index in [1.54, 1.807) is 17.0 Å². The molecule has 1 aromatic carbocycles. The van der Waals surface area contributed by atoms with Crippen LogP contribution < -0.4 is 16.3 Å². The number of nitrogens with one attached hydrogen (secondary N) is 1. The average Bonchev–Trinajstić information content (AvgIpc) is 2.97. The van der Waals surface area contributed by atoms with Gasteiger partial charge >= 0.3 is 5.69 Å². The molecule has 0 radical (unpaired) electrons. The number of pyridine rings is 1. The summed E-state index contributed by atoms with van der Waals surface area (Å²) in [4.78, 5) is 47.9. The fourth-order valence-electron chi connectivity index (χ4n) is 5.39. The molecule has 3 N–H and O–H groups in total. The summed E-state index contributed by atoms with van der Waals surface area (Å²) in [6.45, 7) is 15.8. The van der Waals surface area contributed by atoms with Gasteiger partial charge in [-0.1, -0.05) is 51.9 Å². The maximum absolute atomic E-state index is 15.1. The number of fused-ring (bicyclic) bond motifs is 1. The molecule has 238 valence electrons. The minimum absolute atomic E-state index is 0.0105. The van der Waals surface area contributed by atoms with E-state index in [0.717, 1.165) is 0 Å². The van der Waals surface area contributed by atoms with Crippen molar-refractivity contribution >= 4 is 57.9 Å². The number of aliphatic imine (C=N–C) groups is 2. The number of carbonyl (C=O) groups excluding carboxylic acids is 1. The van der Waals surface area contributed by atoms with Gasteiger partial charge in [0.1, 0.15) is 29.5 Å². The summed E-state index contributed by atoms with van der Waals surface area (Å²) < 4.78 is 16.5. The zero-order valence-electron chi connectivity index (χ0n) is 26.4. The monoisotopic (exact) mass is 635 g/mol. The van der Waals surface area contributed by atoms with E-state index in [9.17, 15) is 9.59 Å². The van der Waals surface area contributed by atoms with Crippen LogP contribution in [0.2, 0.25) is 5.02 Å². The Labute approximate surface area is 266 Å². The highest BCUT2D eigenvalue weighted by atomic mass is 35.5. The van der Waals surface area contributed by atoms with Crippen molar-refractivity contribution in [3.63, 3.8) is 0 Å². The molecule has 3 heterocycles. The van der Waals surface area contributed by atoms with Crippen molar-refractivity contribution in [2.24, 2.45) is 21.8 Å². The number of nitrogen functional groups attached to an aromatic ring is 1. The summed E-state index contributed by atoms with van der Waals surface area (Å²) >= 11 is 6.76. The first kappa shape index (κ1) is 33.4. The minimum atomic E-state index is -0.606. The molecule has 11 nitrogen and oxygen atoms in total. The van der Waals surface area contributed by atoms with E-state index >= 15 is 4.39 Å². The van der Waals surface area contributed by atoms with Gasteiger partial charge in [-0.25, -0.2) is 24.2 Å². The fourth-order valence-corrected chi connectivity index (χ4v) is 5.63. The molecule has 0 aliphatic carbocycles. The summed E-state index contributed by atoms with van der Waals surface area (Å²) in [5.74, 6) is -0.413. The predicted octanol–water partition coefficient (Wildman–Crippen LogP) is 5.20. The second-order valence-corrected chi connectivity index (χ2v) is 12.2. The van der Waals surface area contributed by atoms with Crippen LogP contribution >= 0.6 is 11.6 Å². The standard InChI is InChI=1S/C32H39ClFN9O2/c1-8-26(44)43-19(6)13-41(14-20(43)7)30-21-12-22(33)28(27-23(34)10-9-11-24(27)35)39-31(21)42(32(45)40-30)15-25(17(2)3)37-16-38-29(36)18(4)5/h8-12,16-20,36H,1,13-15,35H2,2-7H3/b36-29?,37-25+,38-16-/t19-,20+. The number of hydrogen-bond acceptors (Lipinski definition) is 7. The summed E-state index contributed by atoms with van der Waals surface area (Å²) in [6.07, 6.45) is 2.61. The van der Waals surface area contributed by atoms with Gasteiger partial charge < -0.3 is 15.5 Å². The molecule has 0 bridgehead atoms. The van der Waals surface area contributed by atoms with Crippen LogP contribution in [0.15, 0.2) is 51.7 Å². The molecule has 3 aromatic rings. The lowest BCUT2D eigenvalue weighted by atomic mass is 10.1. The Morgan fingerprint density at radius 3 is 2.44 bits per heavy atom. The molecule has 2 atom stereocenters. The summed E-state index contributed by atoms with van der Waals surface area (Å²) in [5.41, 5.74) is 6.64. The third-order valence-electron chi connectivity index (χ3n) is 7.77. The van der Waals surface area contributed by atoms with Gasteiger partial charge in [-0.3, -0.25) is 14.8 Å². The smallest absolute Gasteiger partial charge is 0.351 e. The number of hydrogen-bond donors (Lipinski definition) is 2. The number of amides is 1. The number of rotatable bonds is 8. The molecule has 45 heavy (non-hydrogen) atoms. The molecule has 4 rings (SSSR count). The quantitative estimate of drug-likeness (QED) is 0.150. The van der Waals surface area contributed by atoms with Crippen molar-refractivity contribution in [3.05, 3.63) is 58.2 Å². The van der Waals surface area contributed by atoms with Gasteiger partial charge in [0, 0.05) is 42.5 Å². The first-order valence-corrected chi connectivity index (χ1v) is 15.2. The van der Waals surface area contributed by atoms with E-state index in [1.807, 2.05) is 46.4 Å². The molecule has 1 saturated heterocycles. The van der Waals surface area contributed by atoms with Crippen molar-refractivity contribution in [3.8, 4) is 11.3 Å². The Morgan fingerprint density at radius 2 is 1.87 bits per heavy atom. The second kappa shape index (κ2) is 13.7. The van der Waals surface area contributed by atoms with Crippen LogP contribution in [0.5, 0.6) is 0 Å². The number of benzene rings is 1. The van der Waals surface area contributed by atoms with Gasteiger partial charge in [0.2, 0.25) is 5.91 Å². The van der Waals surface area contributed by atoms with Crippen LogP contribution in [0, 0.1) is 23.1 Å². The van der Waals surface area contributed by atoms with E-state index in [2.05, 4.69) is 21.5 Å². The summed E-state index contributed by atoms with van der Waals surface area (Å²) in [5, 5.41) is 8.59. The number of anilines is 2. The Morgan fingerprint density at radius 1 is 1.20 bits per heavy atom. The number of amidine groups is 1. The van der Waals surface area contributed by atoms with Crippen LogP contribution in [0.3, 0.4) is 0 Å². The molecule has 0 unspecified atom stereocenters. The van der Waals surface area contributed by atoms with Gasteiger partial charge in [0.15, 0.2) is 0 Å². The highest BCUT2D eigenvalue weighted by Gasteiger charge is 2.34. The van der Waals surface area contributed by atoms with E-state index in [-0.39, 0.29) is 69.8 Å². The van der Waals surface area contributed by atoms with E-state index in [4.69, 9.17) is 27.7 Å². The molecule has 0 spiro atoms. The zero-order chi connectivity index (χ0) is 33.2. The van der Waals surface area contributed by atoms with Gasteiger partial charge in [-0.2, -0.15) is 4.98 Å². The molecule has 1 aliphatic rings. The predicted molar refractivity (Wildman–Crippen MR) is 180 cm³/mol. The number of nitrogens with two attached hydrogens (primary N) is 1. The number of halogens is 2. The molecular weight excluding hydrogens is 597 g/mol. The lowest BCUT2D eigenvalue weighted by Gasteiger charge is -2.44. The largest absolute Gasteiger partial charge is 0.398 e. The van der Waals surface area contributed by atoms with Gasteiger partial charge in [-0.05, 0) is 44.0 Å². The Kier molecular flexibility index (Phi) is 10.2. The second-order valence-electron chi connectivity index (χ2n) is 11.8. The van der Waals surface area contributed by atoms with Gasteiger partial charge in [0.25, 0.3) is 0 Å². The molecule has 2 aromatic heterocycles. The number of piperazine rings is 1. The van der Waals surface area contributed by atoms with Crippen LogP contribution in [0.1, 0.15) is 41.5 Å². The summed E-state index contributed by atoms with van der Waals surface area (Å²) in [7, 11) is 0. The van der Waals surface area contributed by atoms with Crippen LogP contribution in [0.4, 0.5) is 15.9 Å². The minimum Gasteiger partial charge on any atom is -0.398 e. The Bertz CT molecular complexity index is 1730. The lowest BCUT2D eigenvalue weighted by molar-refractivity contribution is -0.130. The SMILES string of the molecule is C=CC(=O)N1[C@H](C)CN(c2nc(=O)n(C/C(=N\C=N/C(=N)C(C)C)C(C)C)c3nc(-c4c(N)cccc4F)c(Cl)cc23)C[C@@H]1C. The summed E-state index contributed by atoms with van der Waals surface area (Å²) in [6, 6.07) is 5.52. The molecule has 13 heteroatoms. The Balaban J connectivity index is 1.94. The van der Waals surface area contributed by atoms with Crippen LogP contribution in [-0.2, 0) is 11.3 Å². The highest BCUT2D eigenvalue weighted by Crippen LogP contribution is 2.37. The average molecular weight is 636 g/mol. The first-order chi connectivity index (χ1) is 21.2. The maximum Gasteiger partial charge on any atom is 0.351 e. The number of nitrogens with zero attached hydrogens (tertiary/aromatic N) is 7. The zero-order valence-corrected chi connectivity index (χ0v) is 27.1. The lowest BCUT2D eigenvalue weighted by Crippen LogP contribution is -2.58. The fraction of sp³-hybridized carbons (Fsp3) is 0.406. The Hall–Kier alpha value is -4.45. The molecule has 1 fully saturated rings. The van der Waals surface area contributed by atoms with Gasteiger partial charge in [-0.15, -0.1) is 0 Å². The highest BCUT2D eigenvalue weighted by molar-refractivity contribution is 6.34.